The molecule has 0 aliphatic heterocycles. The molecule has 0 spiro atoms. The van der Waals surface area contributed by atoms with Gasteiger partial charge >= 0.3 is 0 Å². The van der Waals surface area contributed by atoms with Crippen LogP contribution in [0, 0.1) is 11.6 Å². The number of benzene rings is 1. The van der Waals surface area contributed by atoms with E-state index < -0.39 is 11.6 Å². The van der Waals surface area contributed by atoms with E-state index in [4.69, 9.17) is 15.6 Å². The maximum atomic E-state index is 14.7. The number of nitrogens with one attached hydrogen (secondary N) is 1. The Balaban J connectivity index is 1.55. The van der Waals surface area contributed by atoms with Gasteiger partial charge in [-0.3, -0.25) is 9.55 Å². The first-order valence-electron chi connectivity index (χ1n) is 11.2. The SMILES string of the molecule is N/C(=C\NCCO)c1cc(F)c(OCc2nnc(SC3C=CCCC3)n2-c2cccnc2)cc1F. The fourth-order valence-corrected chi connectivity index (χ4v) is 4.71. The van der Waals surface area contributed by atoms with Crippen molar-refractivity contribution in [2.75, 3.05) is 13.2 Å². The highest BCUT2D eigenvalue weighted by Gasteiger charge is 2.20. The number of pyridine rings is 1. The number of nitrogens with zero attached hydrogens (tertiary/aromatic N) is 4. The second kappa shape index (κ2) is 11.8. The molecule has 0 amide bonds. The van der Waals surface area contributed by atoms with Gasteiger partial charge < -0.3 is 20.9 Å². The zero-order chi connectivity index (χ0) is 24.6. The van der Waals surface area contributed by atoms with Crippen molar-refractivity contribution in [3.05, 3.63) is 78.0 Å². The van der Waals surface area contributed by atoms with E-state index in [9.17, 15) is 8.78 Å². The molecule has 1 aliphatic carbocycles. The van der Waals surface area contributed by atoms with Crippen LogP contribution in [0.15, 0.2) is 60.2 Å². The van der Waals surface area contributed by atoms with Crippen molar-refractivity contribution in [3.63, 3.8) is 0 Å². The van der Waals surface area contributed by atoms with Gasteiger partial charge in [0.2, 0.25) is 0 Å². The van der Waals surface area contributed by atoms with E-state index >= 15 is 0 Å². The molecule has 0 saturated carbocycles. The molecule has 1 atom stereocenters. The van der Waals surface area contributed by atoms with E-state index in [-0.39, 0.29) is 42.0 Å². The van der Waals surface area contributed by atoms with E-state index in [1.54, 1.807) is 30.2 Å². The standard InChI is InChI=1S/C24H26F2N6O2S/c25-19-12-22(20(26)11-18(19)21(27)14-29-9-10-33)34-15-23-30-31-24(35-17-6-2-1-3-7-17)32(23)16-5-4-8-28-13-16/h2,4-6,8,11-14,17,29,33H,1,3,7,9-10,15,27H2/b21-14-. The third kappa shape index (κ3) is 6.17. The second-order valence-corrected chi connectivity index (χ2v) is 9.00. The Hall–Kier alpha value is -3.44. The van der Waals surface area contributed by atoms with Crippen LogP contribution >= 0.6 is 11.8 Å². The quantitative estimate of drug-likeness (QED) is 0.286. The highest BCUT2D eigenvalue weighted by Crippen LogP contribution is 2.31. The summed E-state index contributed by atoms with van der Waals surface area (Å²) in [5.74, 6) is -1.35. The smallest absolute Gasteiger partial charge is 0.196 e. The van der Waals surface area contributed by atoms with Crippen molar-refractivity contribution in [1.29, 1.82) is 0 Å². The first kappa shape index (κ1) is 24.7. The second-order valence-electron chi connectivity index (χ2n) is 7.79. The lowest BCUT2D eigenvalue weighted by Crippen LogP contribution is -2.14. The predicted molar refractivity (Wildman–Crippen MR) is 130 cm³/mol. The molecule has 8 nitrogen and oxygen atoms in total. The van der Waals surface area contributed by atoms with Gasteiger partial charge in [-0.1, -0.05) is 23.9 Å². The average Bonchev–Trinajstić information content (AvgIpc) is 3.27. The zero-order valence-electron chi connectivity index (χ0n) is 18.9. The Labute approximate surface area is 205 Å². The molecule has 2 aromatic heterocycles. The van der Waals surface area contributed by atoms with Gasteiger partial charge in [-0.15, -0.1) is 10.2 Å². The van der Waals surface area contributed by atoms with Crippen LogP contribution in [-0.4, -0.2) is 43.3 Å². The molecular formula is C24H26F2N6O2S. The third-order valence-corrected chi connectivity index (χ3v) is 6.45. The van der Waals surface area contributed by atoms with E-state index in [0.29, 0.717) is 11.0 Å². The van der Waals surface area contributed by atoms with Gasteiger partial charge in [-0.25, -0.2) is 8.78 Å². The van der Waals surface area contributed by atoms with E-state index in [2.05, 4.69) is 32.7 Å². The molecule has 4 N–H and O–H groups in total. The molecular weight excluding hydrogens is 474 g/mol. The van der Waals surface area contributed by atoms with Crippen molar-refractivity contribution in [3.8, 4) is 11.4 Å². The molecule has 4 rings (SSSR count). The molecule has 0 radical (unpaired) electrons. The fourth-order valence-electron chi connectivity index (χ4n) is 3.56. The van der Waals surface area contributed by atoms with Gasteiger partial charge in [0.1, 0.15) is 12.4 Å². The third-order valence-electron chi connectivity index (χ3n) is 5.27. The number of ether oxygens (including phenoxy) is 1. The highest BCUT2D eigenvalue weighted by molar-refractivity contribution is 7.99. The largest absolute Gasteiger partial charge is 0.482 e. The summed E-state index contributed by atoms with van der Waals surface area (Å²) in [6.07, 6.45) is 12.2. The maximum Gasteiger partial charge on any atom is 0.196 e. The lowest BCUT2D eigenvalue weighted by molar-refractivity contribution is 0.276. The van der Waals surface area contributed by atoms with Crippen LogP contribution in [0.25, 0.3) is 11.4 Å². The van der Waals surface area contributed by atoms with Crippen LogP contribution < -0.4 is 15.8 Å². The molecule has 184 valence electrons. The molecule has 3 aromatic rings. The summed E-state index contributed by atoms with van der Waals surface area (Å²) in [6, 6.07) is 5.59. The van der Waals surface area contributed by atoms with E-state index in [0.717, 1.165) is 37.1 Å². The Morgan fingerprint density at radius 1 is 1.31 bits per heavy atom. The molecule has 0 saturated heterocycles. The number of nitrogens with two attached hydrogens (primary N) is 1. The number of aliphatic hydroxyl groups excluding tert-OH is 1. The molecule has 35 heavy (non-hydrogen) atoms. The number of thioether (sulfide) groups is 1. The molecule has 1 unspecified atom stereocenters. The van der Waals surface area contributed by atoms with Crippen LogP contribution in [0.3, 0.4) is 0 Å². The van der Waals surface area contributed by atoms with Crippen molar-refractivity contribution in [2.45, 2.75) is 36.3 Å². The summed E-state index contributed by atoms with van der Waals surface area (Å²) < 4.78 is 36.8. The fraction of sp³-hybridized carbons (Fsp3) is 0.292. The van der Waals surface area contributed by atoms with Crippen molar-refractivity contribution in [2.24, 2.45) is 5.73 Å². The monoisotopic (exact) mass is 500 g/mol. The lowest BCUT2D eigenvalue weighted by atomic mass is 10.1. The minimum absolute atomic E-state index is 0.00357. The number of allylic oxidation sites excluding steroid dienone is 1. The molecule has 1 aliphatic rings. The van der Waals surface area contributed by atoms with Gasteiger partial charge in [0.25, 0.3) is 0 Å². The normalized spacial score (nSPS) is 15.9. The number of hydrogen-bond acceptors (Lipinski definition) is 8. The van der Waals surface area contributed by atoms with Gasteiger partial charge in [0.15, 0.2) is 22.5 Å². The maximum absolute atomic E-state index is 14.7. The molecule has 1 aromatic carbocycles. The summed E-state index contributed by atoms with van der Waals surface area (Å²) in [5.41, 5.74) is 6.45. The lowest BCUT2D eigenvalue weighted by Gasteiger charge is -2.16. The highest BCUT2D eigenvalue weighted by atomic mass is 32.2. The van der Waals surface area contributed by atoms with E-state index in [1.165, 1.54) is 6.20 Å². The van der Waals surface area contributed by atoms with Crippen LogP contribution in [-0.2, 0) is 6.61 Å². The van der Waals surface area contributed by atoms with E-state index in [1.807, 2.05) is 10.6 Å². The van der Waals surface area contributed by atoms with Gasteiger partial charge in [-0.2, -0.15) is 0 Å². The predicted octanol–water partition coefficient (Wildman–Crippen LogP) is 3.56. The van der Waals surface area contributed by atoms with Crippen LogP contribution in [0.1, 0.15) is 30.7 Å². The Kier molecular flexibility index (Phi) is 8.32. The summed E-state index contributed by atoms with van der Waals surface area (Å²) in [7, 11) is 0. The number of halogens is 2. The molecule has 0 bridgehead atoms. The Bertz CT molecular complexity index is 1200. The number of rotatable bonds is 10. The molecule has 0 fully saturated rings. The van der Waals surface area contributed by atoms with Gasteiger partial charge in [0, 0.05) is 35.8 Å². The van der Waals surface area contributed by atoms with Crippen LogP contribution in [0.4, 0.5) is 8.78 Å². The van der Waals surface area contributed by atoms with Crippen molar-refractivity contribution in [1.82, 2.24) is 25.1 Å². The molecule has 2 heterocycles. The summed E-state index contributed by atoms with van der Waals surface area (Å²) in [6.45, 7) is -0.0163. The first-order chi connectivity index (χ1) is 17.1. The Morgan fingerprint density at radius 3 is 2.94 bits per heavy atom. The molecule has 11 heteroatoms. The average molecular weight is 501 g/mol. The van der Waals surface area contributed by atoms with Gasteiger partial charge in [0.05, 0.1) is 24.2 Å². The number of aromatic nitrogens is 4. The van der Waals surface area contributed by atoms with Crippen LogP contribution in [0.5, 0.6) is 5.75 Å². The summed E-state index contributed by atoms with van der Waals surface area (Å²) in [5, 5.41) is 21.1. The Morgan fingerprint density at radius 2 is 2.20 bits per heavy atom. The van der Waals surface area contributed by atoms with Gasteiger partial charge in [-0.05, 0) is 37.5 Å². The topological polar surface area (TPSA) is 111 Å². The van der Waals surface area contributed by atoms with Crippen LogP contribution in [0.2, 0.25) is 0 Å². The first-order valence-corrected chi connectivity index (χ1v) is 12.0. The zero-order valence-corrected chi connectivity index (χ0v) is 19.7. The van der Waals surface area contributed by atoms with Crippen molar-refractivity contribution < 1.29 is 18.6 Å². The number of aliphatic hydroxyl groups is 1. The summed E-state index contributed by atoms with van der Waals surface area (Å²) >= 11 is 1.59. The number of hydrogen-bond donors (Lipinski definition) is 3. The van der Waals surface area contributed by atoms with Crippen molar-refractivity contribution >= 4 is 17.5 Å². The minimum Gasteiger partial charge on any atom is -0.482 e. The summed E-state index contributed by atoms with van der Waals surface area (Å²) in [4.78, 5) is 4.18. The minimum atomic E-state index is -0.769.